The first-order chi connectivity index (χ1) is 12.3. The third kappa shape index (κ3) is 3.67. The predicted octanol–water partition coefficient (Wildman–Crippen LogP) is 4.01. The fourth-order valence-electron chi connectivity index (χ4n) is 2.70. The molecule has 0 aromatic heterocycles. The predicted molar refractivity (Wildman–Crippen MR) is 102 cm³/mol. The van der Waals surface area contributed by atoms with Crippen molar-refractivity contribution in [1.29, 1.82) is 0 Å². The molecule has 3 amide bonds. The summed E-state index contributed by atoms with van der Waals surface area (Å²) in [4.78, 5) is 39.5. The lowest BCUT2D eigenvalue weighted by atomic mass is 10.2. The summed E-state index contributed by atoms with van der Waals surface area (Å²) in [7, 11) is 0. The maximum absolute atomic E-state index is 12.5. The van der Waals surface area contributed by atoms with Crippen molar-refractivity contribution in [2.45, 2.75) is 12.8 Å². The van der Waals surface area contributed by atoms with Crippen LogP contribution in [0.2, 0.25) is 15.1 Å². The summed E-state index contributed by atoms with van der Waals surface area (Å²) in [5.74, 6) is -1.23. The number of carbonyl (C=O) groups excluding carboxylic acids is 3. The first-order valence-corrected chi connectivity index (χ1v) is 9.64. The fourth-order valence-corrected chi connectivity index (χ4v) is 4.39. The van der Waals surface area contributed by atoms with Gasteiger partial charge in [-0.25, -0.2) is 0 Å². The molecule has 0 atom stereocenters. The SMILES string of the molecule is O=C(CN1C(=O)S/C(=C\c2c(Cl)cc(Cl)c(O)c2Cl)C1=O)N1CCCC1. The zero-order chi connectivity index (χ0) is 19.0. The van der Waals surface area contributed by atoms with Crippen LogP contribution in [0.3, 0.4) is 0 Å². The van der Waals surface area contributed by atoms with Crippen LogP contribution in [0, 0.1) is 0 Å². The van der Waals surface area contributed by atoms with Crippen molar-refractivity contribution in [2.75, 3.05) is 19.6 Å². The molecule has 0 radical (unpaired) electrons. The van der Waals surface area contributed by atoms with Crippen molar-refractivity contribution in [1.82, 2.24) is 9.80 Å². The van der Waals surface area contributed by atoms with Gasteiger partial charge in [0, 0.05) is 18.7 Å². The van der Waals surface area contributed by atoms with Gasteiger partial charge in [0.05, 0.1) is 20.0 Å². The molecule has 3 rings (SSSR count). The van der Waals surface area contributed by atoms with Crippen molar-refractivity contribution in [3.05, 3.63) is 31.6 Å². The van der Waals surface area contributed by atoms with E-state index in [-0.39, 0.29) is 43.7 Å². The first kappa shape index (κ1) is 19.4. The van der Waals surface area contributed by atoms with Crippen molar-refractivity contribution >= 4 is 69.7 Å². The van der Waals surface area contributed by atoms with Gasteiger partial charge in [-0.3, -0.25) is 19.3 Å². The number of halogens is 3. The number of thioether (sulfide) groups is 1. The molecule has 6 nitrogen and oxygen atoms in total. The Kier molecular flexibility index (Phi) is 5.72. The first-order valence-electron chi connectivity index (χ1n) is 7.69. The average Bonchev–Trinajstić information content (AvgIpc) is 3.21. The Labute approximate surface area is 168 Å². The van der Waals surface area contributed by atoms with E-state index >= 15 is 0 Å². The van der Waals surface area contributed by atoms with Gasteiger partial charge in [-0.15, -0.1) is 0 Å². The van der Waals surface area contributed by atoms with E-state index in [9.17, 15) is 19.5 Å². The molecule has 0 unspecified atom stereocenters. The van der Waals surface area contributed by atoms with E-state index in [1.165, 1.54) is 12.1 Å². The van der Waals surface area contributed by atoms with Gasteiger partial charge in [0.25, 0.3) is 11.1 Å². The Balaban J connectivity index is 1.84. The normalized spacial score (nSPS) is 19.1. The number of imide groups is 1. The molecule has 138 valence electrons. The van der Waals surface area contributed by atoms with E-state index in [4.69, 9.17) is 34.8 Å². The third-order valence-corrected chi connectivity index (χ3v) is 5.97. The number of nitrogens with zero attached hydrogens (tertiary/aromatic N) is 2. The van der Waals surface area contributed by atoms with E-state index in [1.807, 2.05) is 0 Å². The Morgan fingerprint density at radius 1 is 1.19 bits per heavy atom. The van der Waals surface area contributed by atoms with Gasteiger partial charge in [0.1, 0.15) is 6.54 Å². The third-order valence-electron chi connectivity index (χ3n) is 4.08. The van der Waals surface area contributed by atoms with Gasteiger partial charge in [0.2, 0.25) is 5.91 Å². The minimum absolute atomic E-state index is 0.0264. The number of amides is 3. The molecule has 0 saturated carbocycles. The van der Waals surface area contributed by atoms with Crippen molar-refractivity contribution < 1.29 is 19.5 Å². The Morgan fingerprint density at radius 3 is 2.50 bits per heavy atom. The number of likely N-dealkylation sites (tertiary alicyclic amines) is 1. The molecule has 2 heterocycles. The van der Waals surface area contributed by atoms with Crippen LogP contribution in [0.4, 0.5) is 4.79 Å². The Bertz CT molecular complexity index is 837. The fraction of sp³-hybridized carbons (Fsp3) is 0.312. The van der Waals surface area contributed by atoms with Crippen LogP contribution in [0.25, 0.3) is 6.08 Å². The average molecular weight is 436 g/mol. The lowest BCUT2D eigenvalue weighted by Crippen LogP contribution is -2.40. The lowest BCUT2D eigenvalue weighted by molar-refractivity contribution is -0.135. The topological polar surface area (TPSA) is 77.9 Å². The summed E-state index contributed by atoms with van der Waals surface area (Å²) in [6.07, 6.45) is 3.15. The van der Waals surface area contributed by atoms with Crippen molar-refractivity contribution in [2.24, 2.45) is 0 Å². The largest absolute Gasteiger partial charge is 0.505 e. The van der Waals surface area contributed by atoms with Crippen molar-refractivity contribution in [3.63, 3.8) is 0 Å². The zero-order valence-electron chi connectivity index (χ0n) is 13.3. The van der Waals surface area contributed by atoms with E-state index in [0.29, 0.717) is 24.9 Å². The number of aromatic hydroxyl groups is 1. The van der Waals surface area contributed by atoms with Crippen LogP contribution >= 0.6 is 46.6 Å². The van der Waals surface area contributed by atoms with Crippen LogP contribution in [0.1, 0.15) is 18.4 Å². The van der Waals surface area contributed by atoms with Crippen LogP contribution in [-0.2, 0) is 9.59 Å². The molecule has 0 spiro atoms. The number of hydrogen-bond acceptors (Lipinski definition) is 5. The maximum atomic E-state index is 12.5. The monoisotopic (exact) mass is 434 g/mol. The summed E-state index contributed by atoms with van der Waals surface area (Å²) in [6, 6.07) is 1.29. The number of phenols is 1. The van der Waals surface area contributed by atoms with E-state index in [2.05, 4.69) is 0 Å². The summed E-state index contributed by atoms with van der Waals surface area (Å²) in [5.41, 5.74) is 0.173. The smallest absolute Gasteiger partial charge is 0.294 e. The van der Waals surface area contributed by atoms with Gasteiger partial charge >= 0.3 is 0 Å². The number of carbonyl (C=O) groups is 3. The molecular formula is C16H13Cl3N2O4S. The molecule has 1 aromatic carbocycles. The molecule has 26 heavy (non-hydrogen) atoms. The summed E-state index contributed by atoms with van der Waals surface area (Å²) >= 11 is 18.6. The second-order valence-electron chi connectivity index (χ2n) is 5.77. The zero-order valence-corrected chi connectivity index (χ0v) is 16.4. The van der Waals surface area contributed by atoms with Gasteiger partial charge in [-0.2, -0.15) is 0 Å². The van der Waals surface area contributed by atoms with Crippen molar-refractivity contribution in [3.8, 4) is 5.75 Å². The molecular weight excluding hydrogens is 423 g/mol. The number of phenolic OH excluding ortho intramolecular Hbond substituents is 1. The molecule has 0 aliphatic carbocycles. The highest BCUT2D eigenvalue weighted by Crippen LogP contribution is 2.42. The number of rotatable bonds is 3. The van der Waals surface area contributed by atoms with Crippen LogP contribution in [-0.4, -0.2) is 51.6 Å². The van der Waals surface area contributed by atoms with E-state index in [1.54, 1.807) is 4.90 Å². The van der Waals surface area contributed by atoms with Crippen LogP contribution in [0.15, 0.2) is 11.0 Å². The van der Waals surface area contributed by atoms with Gasteiger partial charge < -0.3 is 10.0 Å². The second-order valence-corrected chi connectivity index (χ2v) is 7.96. The highest BCUT2D eigenvalue weighted by Gasteiger charge is 2.37. The number of hydrogen-bond donors (Lipinski definition) is 1. The van der Waals surface area contributed by atoms with Gasteiger partial charge in [0.15, 0.2) is 5.75 Å². The molecule has 2 aliphatic rings. The Hall–Kier alpha value is -1.41. The lowest BCUT2D eigenvalue weighted by Gasteiger charge is -2.18. The molecule has 1 N–H and O–H groups in total. The standard InChI is InChI=1S/C16H13Cl3N2O4S/c17-9-6-10(18)14(23)13(19)8(9)5-11-15(24)21(16(25)26-11)7-12(22)20-3-1-2-4-20/h5-6,23H,1-4,7H2/b11-5-. The van der Waals surface area contributed by atoms with Gasteiger partial charge in [-0.05, 0) is 36.7 Å². The second kappa shape index (κ2) is 7.68. The molecule has 10 heteroatoms. The van der Waals surface area contributed by atoms with E-state index in [0.717, 1.165) is 17.7 Å². The molecule has 2 saturated heterocycles. The minimum atomic E-state index is -0.603. The molecule has 2 aliphatic heterocycles. The van der Waals surface area contributed by atoms with Crippen LogP contribution < -0.4 is 0 Å². The highest BCUT2D eigenvalue weighted by atomic mass is 35.5. The number of benzene rings is 1. The minimum Gasteiger partial charge on any atom is -0.505 e. The maximum Gasteiger partial charge on any atom is 0.294 e. The molecule has 1 aromatic rings. The summed E-state index contributed by atoms with van der Waals surface area (Å²) in [5, 5.41) is 9.26. The molecule has 0 bridgehead atoms. The highest BCUT2D eigenvalue weighted by molar-refractivity contribution is 8.18. The Morgan fingerprint density at radius 2 is 1.85 bits per heavy atom. The van der Waals surface area contributed by atoms with E-state index < -0.39 is 11.1 Å². The molecule has 2 fully saturated rings. The summed E-state index contributed by atoms with van der Waals surface area (Å²) in [6.45, 7) is 0.982. The quantitative estimate of drug-likeness (QED) is 0.726. The van der Waals surface area contributed by atoms with Gasteiger partial charge in [-0.1, -0.05) is 34.8 Å². The summed E-state index contributed by atoms with van der Waals surface area (Å²) < 4.78 is 0. The van der Waals surface area contributed by atoms with Crippen LogP contribution in [0.5, 0.6) is 5.75 Å².